The van der Waals surface area contributed by atoms with Crippen molar-refractivity contribution in [2.45, 2.75) is 111 Å². The Bertz CT molecular complexity index is 735. The average molecular weight is 630 g/mol. The fraction of sp³-hybridized carbons (Fsp3) is 0.941. The molecule has 1 heterocycles. The number of hydrogen-bond acceptors (Lipinski definition) is 9. The molecule has 262 valence electrons. The lowest BCUT2D eigenvalue weighted by Crippen LogP contribution is -2.47. The average Bonchev–Trinajstić information content (AvgIpc) is 3.50. The van der Waals surface area contributed by atoms with Crippen LogP contribution in [0.5, 0.6) is 0 Å². The minimum atomic E-state index is 0.250. The Labute approximate surface area is 270 Å². The van der Waals surface area contributed by atoms with E-state index in [1.165, 1.54) is 52.0 Å². The van der Waals surface area contributed by atoms with Crippen molar-refractivity contribution < 1.29 is 24.7 Å². The number of aliphatic hydroxyl groups excluding tert-OH is 1. The van der Waals surface area contributed by atoms with Crippen LogP contribution in [0.3, 0.4) is 0 Å². The van der Waals surface area contributed by atoms with Gasteiger partial charge in [0.15, 0.2) is 0 Å². The summed E-state index contributed by atoms with van der Waals surface area (Å²) in [4.78, 5) is 16.7. The standard InChI is InChI=1S/C20H37N3O3.C10H20.C2H6O.CH3NO.CH5N/c1-22(2)18-11-15(13-21-24)10-17(12-18)19-7-4-6-16(20(19)25-3)14-23-8-5-9-26-23;1-8-5-6-9(2)10(3,4)7-8;1-2-3;2-1-3;1-2/h13,15-20,24H,4-12,14H2,1-3H3;8-9H,5-7H2,1-4H3;3H,2H2,1H3;1H,(H2,2,3);2H2,1H3/b21-13+;;;;. The van der Waals surface area contributed by atoms with Crippen molar-refractivity contribution in [1.29, 1.82) is 0 Å². The van der Waals surface area contributed by atoms with Gasteiger partial charge in [0.2, 0.25) is 6.41 Å². The van der Waals surface area contributed by atoms with Crippen LogP contribution in [0.2, 0.25) is 0 Å². The number of nitrogens with two attached hydrogens (primary N) is 2. The Balaban J connectivity index is 0.000000848. The number of oxime groups is 1. The number of primary amides is 1. The molecule has 10 heteroatoms. The van der Waals surface area contributed by atoms with Gasteiger partial charge in [-0.05, 0) is 114 Å². The Morgan fingerprint density at radius 1 is 1.09 bits per heavy atom. The van der Waals surface area contributed by atoms with Gasteiger partial charge in [0.25, 0.3) is 0 Å². The van der Waals surface area contributed by atoms with Crippen molar-refractivity contribution in [3.05, 3.63) is 0 Å². The van der Waals surface area contributed by atoms with E-state index in [0.717, 1.165) is 50.8 Å². The van der Waals surface area contributed by atoms with Crippen molar-refractivity contribution >= 4 is 12.6 Å². The third kappa shape index (κ3) is 15.3. The molecule has 8 unspecified atom stereocenters. The summed E-state index contributed by atoms with van der Waals surface area (Å²) in [5.74, 6) is 4.05. The maximum Gasteiger partial charge on any atom is 0.204 e. The summed E-state index contributed by atoms with van der Waals surface area (Å²) >= 11 is 0. The summed E-state index contributed by atoms with van der Waals surface area (Å²) < 4.78 is 6.09. The molecular weight excluding hydrogens is 558 g/mol. The molecule has 0 aromatic carbocycles. The van der Waals surface area contributed by atoms with Gasteiger partial charge in [-0.1, -0.05) is 40.5 Å². The molecule has 0 radical (unpaired) electrons. The highest BCUT2D eigenvalue weighted by atomic mass is 16.7. The van der Waals surface area contributed by atoms with E-state index in [1.807, 2.05) is 7.11 Å². The summed E-state index contributed by atoms with van der Waals surface area (Å²) in [7, 11) is 7.73. The van der Waals surface area contributed by atoms with E-state index in [1.54, 1.807) is 13.1 Å². The highest BCUT2D eigenvalue weighted by Crippen LogP contribution is 2.44. The summed E-state index contributed by atoms with van der Waals surface area (Å²) in [6, 6.07) is 0.552. The van der Waals surface area contributed by atoms with Crippen LogP contribution in [-0.2, 0) is 14.4 Å². The number of ether oxygens (including phenoxy) is 1. The predicted octanol–water partition coefficient (Wildman–Crippen LogP) is 5.01. The first-order valence-electron chi connectivity index (χ1n) is 17.1. The largest absolute Gasteiger partial charge is 0.411 e. The third-order valence-electron chi connectivity index (χ3n) is 10.2. The highest BCUT2D eigenvalue weighted by molar-refractivity contribution is 5.60. The molecule has 8 atom stereocenters. The second kappa shape index (κ2) is 24.0. The number of nitrogens with zero attached hydrogens (tertiary/aromatic N) is 3. The quantitative estimate of drug-likeness (QED) is 0.139. The van der Waals surface area contributed by atoms with Crippen molar-refractivity contribution in [3.8, 4) is 0 Å². The molecule has 10 nitrogen and oxygen atoms in total. The van der Waals surface area contributed by atoms with Crippen molar-refractivity contribution in [1.82, 2.24) is 9.96 Å². The van der Waals surface area contributed by atoms with Gasteiger partial charge in [-0.15, -0.1) is 5.16 Å². The number of amides is 1. The van der Waals surface area contributed by atoms with Crippen molar-refractivity contribution in [2.24, 2.45) is 57.5 Å². The Morgan fingerprint density at radius 3 is 2.20 bits per heavy atom. The number of methoxy groups -OCH3 is 1. The van der Waals surface area contributed by atoms with E-state index in [-0.39, 0.29) is 13.0 Å². The van der Waals surface area contributed by atoms with E-state index in [4.69, 9.17) is 24.7 Å². The molecule has 4 fully saturated rings. The zero-order chi connectivity index (χ0) is 33.7. The Kier molecular flexibility index (Phi) is 23.2. The van der Waals surface area contributed by atoms with E-state index < -0.39 is 0 Å². The highest BCUT2D eigenvalue weighted by Gasteiger charge is 2.42. The molecule has 0 aromatic heterocycles. The molecule has 3 saturated carbocycles. The number of carbonyl (C=O) groups is 1. The van der Waals surface area contributed by atoms with Gasteiger partial charge in [0.05, 0.1) is 12.7 Å². The van der Waals surface area contributed by atoms with Crippen LogP contribution < -0.4 is 11.5 Å². The summed E-state index contributed by atoms with van der Waals surface area (Å²) in [6.07, 6.45) is 15.0. The van der Waals surface area contributed by atoms with Gasteiger partial charge in [0.1, 0.15) is 0 Å². The molecule has 44 heavy (non-hydrogen) atoms. The lowest BCUT2D eigenvalue weighted by Gasteiger charge is -2.46. The van der Waals surface area contributed by atoms with Gasteiger partial charge >= 0.3 is 0 Å². The molecule has 3 aliphatic carbocycles. The lowest BCUT2D eigenvalue weighted by molar-refractivity contribution is -0.143. The molecule has 4 rings (SSSR count). The van der Waals surface area contributed by atoms with E-state index in [0.29, 0.717) is 41.2 Å². The third-order valence-corrected chi connectivity index (χ3v) is 10.2. The van der Waals surface area contributed by atoms with Crippen LogP contribution in [0, 0.1) is 40.9 Å². The van der Waals surface area contributed by atoms with Crippen LogP contribution in [0.1, 0.15) is 98.8 Å². The molecular formula is C34H71N5O5. The minimum absolute atomic E-state index is 0.250. The smallest absolute Gasteiger partial charge is 0.204 e. The second-order valence-electron chi connectivity index (χ2n) is 14.0. The summed E-state index contributed by atoms with van der Waals surface area (Å²) in [5.41, 5.74) is 9.28. The van der Waals surface area contributed by atoms with Crippen LogP contribution in [0.15, 0.2) is 5.16 Å². The Hall–Kier alpha value is -1.30. The normalized spacial score (nSPS) is 33.4. The number of hydroxylamine groups is 2. The Morgan fingerprint density at radius 2 is 1.73 bits per heavy atom. The predicted molar refractivity (Wildman–Crippen MR) is 181 cm³/mol. The first-order chi connectivity index (χ1) is 21.0. The van der Waals surface area contributed by atoms with Crippen molar-refractivity contribution in [2.75, 3.05) is 54.6 Å². The van der Waals surface area contributed by atoms with Crippen LogP contribution in [-0.4, -0.2) is 99.6 Å². The van der Waals surface area contributed by atoms with Gasteiger partial charge in [-0.3, -0.25) is 9.63 Å². The molecule has 4 aliphatic rings. The number of rotatable bonds is 6. The number of hydrogen-bond donors (Lipinski definition) is 4. The first-order valence-corrected chi connectivity index (χ1v) is 17.1. The zero-order valence-electron chi connectivity index (χ0n) is 29.8. The monoisotopic (exact) mass is 630 g/mol. The summed E-state index contributed by atoms with van der Waals surface area (Å²) in [5, 5.41) is 22.1. The van der Waals surface area contributed by atoms with Crippen LogP contribution in [0.25, 0.3) is 0 Å². The van der Waals surface area contributed by atoms with E-state index in [9.17, 15) is 0 Å². The van der Waals surface area contributed by atoms with Crippen LogP contribution >= 0.6 is 0 Å². The number of carbonyl (C=O) groups excluding carboxylic acids is 1. The summed E-state index contributed by atoms with van der Waals surface area (Å²) in [6.45, 7) is 14.4. The molecule has 0 aromatic rings. The topological polar surface area (TPSA) is 147 Å². The molecule has 1 saturated heterocycles. The van der Waals surface area contributed by atoms with Gasteiger partial charge in [-0.2, -0.15) is 5.06 Å². The maximum absolute atomic E-state index is 9.05. The molecule has 1 amide bonds. The van der Waals surface area contributed by atoms with Crippen molar-refractivity contribution in [3.63, 3.8) is 0 Å². The molecule has 0 spiro atoms. The number of aliphatic hydroxyl groups is 1. The molecule has 1 aliphatic heterocycles. The lowest BCUT2D eigenvalue weighted by atomic mass is 9.65. The maximum atomic E-state index is 9.05. The second-order valence-corrected chi connectivity index (χ2v) is 14.0. The van der Waals surface area contributed by atoms with E-state index in [2.05, 4.69) is 68.4 Å². The van der Waals surface area contributed by atoms with Gasteiger partial charge in [0, 0.05) is 45.0 Å². The first kappa shape index (κ1) is 42.7. The molecule has 0 bridgehead atoms. The fourth-order valence-electron chi connectivity index (χ4n) is 7.76. The fourth-order valence-corrected chi connectivity index (χ4v) is 7.76. The minimum Gasteiger partial charge on any atom is -0.411 e. The van der Waals surface area contributed by atoms with E-state index >= 15 is 0 Å². The molecule has 6 N–H and O–H groups in total. The SMILES string of the molecule is CC1CCC(C)C(C)(C)C1.CCO.CN.COC1C(CN2CCCO2)CCCC1C1CC(/C=N/O)CC(N(C)C)C1.NC=O. The van der Waals surface area contributed by atoms with Gasteiger partial charge in [-0.25, -0.2) is 0 Å². The zero-order valence-corrected chi connectivity index (χ0v) is 29.8. The van der Waals surface area contributed by atoms with Gasteiger partial charge < -0.3 is 31.4 Å². The van der Waals surface area contributed by atoms with Crippen LogP contribution in [0.4, 0.5) is 0 Å².